The lowest BCUT2D eigenvalue weighted by Gasteiger charge is -2.37. The quantitative estimate of drug-likeness (QED) is 0.379. The minimum atomic E-state index is -0.796. The number of aromatic hydroxyl groups is 1. The van der Waals surface area contributed by atoms with Gasteiger partial charge < -0.3 is 14.9 Å². The van der Waals surface area contributed by atoms with Gasteiger partial charge in [0.05, 0.1) is 0 Å². The molecule has 0 amide bonds. The molecule has 0 aromatic heterocycles. The summed E-state index contributed by atoms with van der Waals surface area (Å²) in [4.78, 5) is 10.8. The summed E-state index contributed by atoms with van der Waals surface area (Å²) >= 11 is 0. The molecule has 4 heteroatoms. The highest BCUT2D eigenvalue weighted by Gasteiger charge is 2.34. The van der Waals surface area contributed by atoms with Crippen molar-refractivity contribution in [1.29, 1.82) is 0 Å². The van der Waals surface area contributed by atoms with Crippen LogP contribution in [0.5, 0.6) is 11.5 Å². The lowest BCUT2D eigenvalue weighted by atomic mass is 9.85. The Balaban J connectivity index is 0.000000250. The molecule has 1 unspecified atom stereocenters. The standard InChI is InChI=1S/C16H22O4.C14H10.C2H6/c1-9-10(2)15-12(11(3)14(9)19)5-7-16(4,20-15)8-6-13(17)18;1-3-7-13(8-4-1)11-12-14-9-5-2-6-10-14;1-2/h19H,5-8H2,1-4H3,(H,17,18);1-10H;1-2H3. The Kier molecular flexibility index (Phi) is 10.6. The fraction of sp³-hybridized carbons (Fsp3) is 0.344. The zero-order valence-electron chi connectivity index (χ0n) is 22.3. The summed E-state index contributed by atoms with van der Waals surface area (Å²) in [6, 6.07) is 20.0. The molecule has 36 heavy (non-hydrogen) atoms. The lowest BCUT2D eigenvalue weighted by molar-refractivity contribution is -0.138. The second kappa shape index (κ2) is 13.4. The number of phenolic OH excluding ortho intramolecular Hbond substituents is 1. The van der Waals surface area contributed by atoms with Gasteiger partial charge in [0.15, 0.2) is 0 Å². The Hall–Kier alpha value is -3.71. The third-order valence-corrected chi connectivity index (χ3v) is 6.36. The molecule has 1 atom stereocenters. The molecule has 3 aromatic carbocycles. The first-order valence-electron chi connectivity index (χ1n) is 12.5. The smallest absolute Gasteiger partial charge is 0.303 e. The summed E-state index contributed by atoms with van der Waals surface area (Å²) in [7, 11) is 0. The number of benzene rings is 3. The number of aliphatic carboxylic acids is 1. The van der Waals surface area contributed by atoms with Crippen molar-refractivity contribution in [2.45, 2.75) is 72.8 Å². The van der Waals surface area contributed by atoms with E-state index in [4.69, 9.17) is 9.84 Å². The van der Waals surface area contributed by atoms with Gasteiger partial charge in [-0.25, -0.2) is 0 Å². The van der Waals surface area contributed by atoms with Gasteiger partial charge in [0.25, 0.3) is 0 Å². The van der Waals surface area contributed by atoms with Crippen molar-refractivity contribution >= 4 is 5.97 Å². The van der Waals surface area contributed by atoms with Gasteiger partial charge >= 0.3 is 5.97 Å². The van der Waals surface area contributed by atoms with Crippen molar-refractivity contribution in [2.24, 2.45) is 0 Å². The van der Waals surface area contributed by atoms with Crippen LogP contribution < -0.4 is 4.74 Å². The van der Waals surface area contributed by atoms with E-state index in [2.05, 4.69) is 11.8 Å². The Morgan fingerprint density at radius 3 is 1.86 bits per heavy atom. The van der Waals surface area contributed by atoms with Crippen LogP contribution in [-0.4, -0.2) is 21.8 Å². The Morgan fingerprint density at radius 2 is 1.39 bits per heavy atom. The number of carbonyl (C=O) groups is 1. The number of hydrogen-bond donors (Lipinski definition) is 2. The molecule has 3 aromatic rings. The summed E-state index contributed by atoms with van der Waals surface area (Å²) in [5.41, 5.74) is 5.38. The maximum Gasteiger partial charge on any atom is 0.303 e. The number of ether oxygens (including phenoxy) is 1. The number of rotatable bonds is 3. The van der Waals surface area contributed by atoms with Gasteiger partial charge in [0, 0.05) is 23.1 Å². The van der Waals surface area contributed by atoms with Crippen LogP contribution in [0.2, 0.25) is 0 Å². The van der Waals surface area contributed by atoms with E-state index in [1.54, 1.807) is 0 Å². The van der Waals surface area contributed by atoms with Crippen molar-refractivity contribution in [3.05, 3.63) is 94.0 Å². The molecule has 0 aliphatic carbocycles. The SMILES string of the molecule is C(#Cc1ccccc1)c1ccccc1.CC.Cc1c(C)c2c(c(C)c1O)CCC(C)(CCC(=O)O)O2. The fourth-order valence-corrected chi connectivity index (χ4v) is 4.03. The Bertz CT molecular complexity index is 1160. The third-order valence-electron chi connectivity index (χ3n) is 6.36. The molecule has 2 N–H and O–H groups in total. The average molecular weight is 487 g/mol. The highest BCUT2D eigenvalue weighted by Crippen LogP contribution is 2.44. The fourth-order valence-electron chi connectivity index (χ4n) is 4.03. The summed E-state index contributed by atoms with van der Waals surface area (Å²) < 4.78 is 6.14. The van der Waals surface area contributed by atoms with E-state index in [0.29, 0.717) is 12.2 Å². The topological polar surface area (TPSA) is 66.8 Å². The first-order valence-corrected chi connectivity index (χ1v) is 12.5. The van der Waals surface area contributed by atoms with E-state index in [-0.39, 0.29) is 6.42 Å². The molecule has 1 aliphatic rings. The molecule has 0 bridgehead atoms. The van der Waals surface area contributed by atoms with Crippen molar-refractivity contribution in [2.75, 3.05) is 0 Å². The van der Waals surface area contributed by atoms with E-state index in [9.17, 15) is 9.90 Å². The molecule has 4 rings (SSSR count). The van der Waals surface area contributed by atoms with Crippen LogP contribution >= 0.6 is 0 Å². The van der Waals surface area contributed by atoms with Gasteiger partial charge in [0.2, 0.25) is 0 Å². The third kappa shape index (κ3) is 7.65. The molecule has 1 aliphatic heterocycles. The number of hydrogen-bond acceptors (Lipinski definition) is 3. The lowest BCUT2D eigenvalue weighted by Crippen LogP contribution is -2.37. The van der Waals surface area contributed by atoms with Crippen LogP contribution in [-0.2, 0) is 11.2 Å². The van der Waals surface area contributed by atoms with Crippen molar-refractivity contribution in [3.8, 4) is 23.3 Å². The monoisotopic (exact) mass is 486 g/mol. The normalized spacial score (nSPS) is 15.4. The molecular weight excluding hydrogens is 448 g/mol. The van der Waals surface area contributed by atoms with Crippen LogP contribution in [0, 0.1) is 32.6 Å². The molecule has 190 valence electrons. The molecule has 0 spiro atoms. The summed E-state index contributed by atoms with van der Waals surface area (Å²) in [6.45, 7) is 11.7. The number of carboxylic acids is 1. The molecular formula is C32H38O4. The maximum atomic E-state index is 10.8. The van der Waals surface area contributed by atoms with Gasteiger partial charge in [-0.15, -0.1) is 0 Å². The zero-order chi connectivity index (χ0) is 26.7. The van der Waals surface area contributed by atoms with Crippen LogP contribution in [0.15, 0.2) is 60.7 Å². The highest BCUT2D eigenvalue weighted by molar-refractivity contribution is 5.66. The van der Waals surface area contributed by atoms with E-state index in [1.807, 2.05) is 102 Å². The van der Waals surface area contributed by atoms with Gasteiger partial charge in [-0.1, -0.05) is 62.1 Å². The molecule has 0 saturated heterocycles. The number of carboxylic acid groups (broad SMARTS) is 1. The van der Waals surface area contributed by atoms with Crippen LogP contribution in [0.1, 0.15) is 73.4 Å². The van der Waals surface area contributed by atoms with Gasteiger partial charge in [-0.3, -0.25) is 4.79 Å². The Morgan fingerprint density at radius 1 is 0.889 bits per heavy atom. The van der Waals surface area contributed by atoms with Crippen molar-refractivity contribution in [1.82, 2.24) is 0 Å². The van der Waals surface area contributed by atoms with E-state index < -0.39 is 11.6 Å². The van der Waals surface area contributed by atoms with Crippen molar-refractivity contribution < 1.29 is 19.7 Å². The van der Waals surface area contributed by atoms with Gasteiger partial charge in [0.1, 0.15) is 17.1 Å². The summed E-state index contributed by atoms with van der Waals surface area (Å²) in [6.07, 6.45) is 2.20. The summed E-state index contributed by atoms with van der Waals surface area (Å²) in [5.74, 6) is 6.60. The van der Waals surface area contributed by atoms with E-state index in [0.717, 1.165) is 52.0 Å². The minimum Gasteiger partial charge on any atom is -0.507 e. The molecule has 0 fully saturated rings. The molecule has 4 nitrogen and oxygen atoms in total. The molecule has 1 heterocycles. The first kappa shape index (κ1) is 28.5. The van der Waals surface area contributed by atoms with Gasteiger partial charge in [-0.05, 0) is 87.9 Å². The minimum absolute atomic E-state index is 0.112. The molecule has 0 saturated carbocycles. The largest absolute Gasteiger partial charge is 0.507 e. The molecule has 0 radical (unpaired) electrons. The second-order valence-electron chi connectivity index (χ2n) is 8.96. The van der Waals surface area contributed by atoms with E-state index in [1.165, 1.54) is 0 Å². The second-order valence-corrected chi connectivity index (χ2v) is 8.96. The highest BCUT2D eigenvalue weighted by atomic mass is 16.5. The number of fused-ring (bicyclic) bond motifs is 1. The predicted octanol–water partition coefficient (Wildman–Crippen LogP) is 7.38. The maximum absolute atomic E-state index is 10.8. The van der Waals surface area contributed by atoms with Crippen LogP contribution in [0.25, 0.3) is 0 Å². The van der Waals surface area contributed by atoms with Crippen LogP contribution in [0.4, 0.5) is 0 Å². The van der Waals surface area contributed by atoms with Gasteiger partial charge in [-0.2, -0.15) is 0 Å². The average Bonchev–Trinajstić information content (AvgIpc) is 2.91. The Labute approximate surface area is 216 Å². The predicted molar refractivity (Wildman–Crippen MR) is 147 cm³/mol. The van der Waals surface area contributed by atoms with E-state index >= 15 is 0 Å². The first-order chi connectivity index (χ1) is 17.2. The van der Waals surface area contributed by atoms with Crippen molar-refractivity contribution in [3.63, 3.8) is 0 Å². The summed E-state index contributed by atoms with van der Waals surface area (Å²) in [5, 5.41) is 19.0. The number of phenols is 1. The van der Waals surface area contributed by atoms with Crippen LogP contribution in [0.3, 0.4) is 0 Å². The zero-order valence-corrected chi connectivity index (χ0v) is 22.3.